The van der Waals surface area contributed by atoms with Crippen LogP contribution in [0.1, 0.15) is 41.4 Å². The van der Waals surface area contributed by atoms with Crippen molar-refractivity contribution < 1.29 is 18.7 Å². The van der Waals surface area contributed by atoms with Gasteiger partial charge in [0, 0.05) is 13.1 Å². The van der Waals surface area contributed by atoms with Crippen LogP contribution in [0.25, 0.3) is 5.69 Å². The fraction of sp³-hybridized carbons (Fsp3) is 0.346. The zero-order valence-electron chi connectivity index (χ0n) is 20.1. The number of halogens is 1. The lowest BCUT2D eigenvalue weighted by Crippen LogP contribution is -2.49. The third-order valence-corrected chi connectivity index (χ3v) is 6.09. The molecule has 1 aliphatic rings. The molecular formula is C26H27FN4O5. The Morgan fingerprint density at radius 1 is 1.14 bits per heavy atom. The van der Waals surface area contributed by atoms with Crippen LogP contribution >= 0.6 is 0 Å². The van der Waals surface area contributed by atoms with Crippen molar-refractivity contribution >= 4 is 11.9 Å². The minimum absolute atomic E-state index is 0.0650. The molecule has 10 heteroatoms. The summed E-state index contributed by atoms with van der Waals surface area (Å²) in [6.45, 7) is 4.06. The average molecular weight is 495 g/mol. The van der Waals surface area contributed by atoms with Gasteiger partial charge in [-0.3, -0.25) is 19.0 Å². The van der Waals surface area contributed by atoms with Crippen molar-refractivity contribution in [2.45, 2.75) is 33.2 Å². The Kier molecular flexibility index (Phi) is 7.42. The number of hydrogen-bond acceptors (Lipinski definition) is 6. The lowest BCUT2D eigenvalue weighted by Gasteiger charge is -2.31. The second kappa shape index (κ2) is 10.7. The molecule has 2 aromatic carbocycles. The van der Waals surface area contributed by atoms with Crippen molar-refractivity contribution in [1.82, 2.24) is 19.2 Å². The molecular weight excluding hydrogens is 467 g/mol. The Hall–Kier alpha value is -4.08. The molecule has 1 saturated heterocycles. The first-order valence-electron chi connectivity index (χ1n) is 11.8. The van der Waals surface area contributed by atoms with Crippen molar-refractivity contribution in [3.63, 3.8) is 0 Å². The first-order chi connectivity index (χ1) is 17.3. The van der Waals surface area contributed by atoms with Crippen molar-refractivity contribution in [3.8, 4) is 5.69 Å². The van der Waals surface area contributed by atoms with Gasteiger partial charge in [0.05, 0.1) is 19.1 Å². The van der Waals surface area contributed by atoms with Gasteiger partial charge in [0.1, 0.15) is 11.5 Å². The SMILES string of the molecule is CCOC(=O)[C@H]1CCCN(C(=O)c2nn(-c3ccccc3F)c(=O)n(Cc3cccc(C)c3)c2=O)C1. The number of esters is 1. The number of benzene rings is 2. The van der Waals surface area contributed by atoms with Crippen molar-refractivity contribution in [2.24, 2.45) is 5.92 Å². The largest absolute Gasteiger partial charge is 0.466 e. The Bertz CT molecular complexity index is 1410. The summed E-state index contributed by atoms with van der Waals surface area (Å²) in [6, 6.07) is 12.7. The van der Waals surface area contributed by atoms with E-state index in [-0.39, 0.29) is 25.4 Å². The molecule has 0 radical (unpaired) electrons. The summed E-state index contributed by atoms with van der Waals surface area (Å²) >= 11 is 0. The number of piperidine rings is 1. The first kappa shape index (κ1) is 25.0. The number of para-hydroxylation sites is 1. The molecule has 2 heterocycles. The second-order valence-electron chi connectivity index (χ2n) is 8.72. The van der Waals surface area contributed by atoms with E-state index in [9.17, 15) is 23.6 Å². The lowest BCUT2D eigenvalue weighted by atomic mass is 9.98. The molecule has 0 saturated carbocycles. The smallest absolute Gasteiger partial charge is 0.352 e. The maximum Gasteiger partial charge on any atom is 0.352 e. The summed E-state index contributed by atoms with van der Waals surface area (Å²) in [7, 11) is 0. The predicted molar refractivity (Wildman–Crippen MR) is 130 cm³/mol. The van der Waals surface area contributed by atoms with Crippen LogP contribution in [0.4, 0.5) is 4.39 Å². The van der Waals surface area contributed by atoms with Gasteiger partial charge in [-0.15, -0.1) is 0 Å². The highest BCUT2D eigenvalue weighted by molar-refractivity contribution is 5.92. The number of aromatic nitrogens is 3. The fourth-order valence-corrected chi connectivity index (χ4v) is 4.33. The molecule has 0 bridgehead atoms. The van der Waals surface area contributed by atoms with E-state index < -0.39 is 40.6 Å². The molecule has 3 aromatic rings. The molecule has 188 valence electrons. The molecule has 0 aliphatic carbocycles. The van der Waals surface area contributed by atoms with Crippen molar-refractivity contribution in [2.75, 3.05) is 19.7 Å². The van der Waals surface area contributed by atoms with Crippen LogP contribution in [0.3, 0.4) is 0 Å². The highest BCUT2D eigenvalue weighted by atomic mass is 19.1. The maximum absolute atomic E-state index is 14.6. The zero-order chi connectivity index (χ0) is 25.8. The zero-order valence-corrected chi connectivity index (χ0v) is 20.1. The molecule has 9 nitrogen and oxygen atoms in total. The maximum atomic E-state index is 14.6. The van der Waals surface area contributed by atoms with E-state index in [1.165, 1.54) is 23.1 Å². The Morgan fingerprint density at radius 2 is 1.92 bits per heavy atom. The van der Waals surface area contributed by atoms with Gasteiger partial charge in [0.25, 0.3) is 11.5 Å². The summed E-state index contributed by atoms with van der Waals surface area (Å²) < 4.78 is 21.4. The van der Waals surface area contributed by atoms with Crippen molar-refractivity contribution in [3.05, 3.63) is 92.0 Å². The molecule has 0 N–H and O–H groups in total. The number of amides is 1. The van der Waals surface area contributed by atoms with Gasteiger partial charge >= 0.3 is 11.7 Å². The van der Waals surface area contributed by atoms with Crippen LogP contribution in [0, 0.1) is 18.7 Å². The molecule has 1 fully saturated rings. The van der Waals surface area contributed by atoms with E-state index in [2.05, 4.69) is 5.10 Å². The monoisotopic (exact) mass is 494 g/mol. The normalized spacial score (nSPS) is 15.5. The lowest BCUT2D eigenvalue weighted by molar-refractivity contribution is -0.149. The highest BCUT2D eigenvalue weighted by Crippen LogP contribution is 2.19. The van der Waals surface area contributed by atoms with Gasteiger partial charge in [-0.1, -0.05) is 42.0 Å². The Morgan fingerprint density at radius 3 is 2.64 bits per heavy atom. The minimum atomic E-state index is -0.877. The van der Waals surface area contributed by atoms with Crippen LogP contribution in [0.2, 0.25) is 0 Å². The van der Waals surface area contributed by atoms with Crippen molar-refractivity contribution in [1.29, 1.82) is 0 Å². The molecule has 1 aromatic heterocycles. The molecule has 1 aliphatic heterocycles. The molecule has 1 atom stereocenters. The number of carbonyl (C=O) groups excluding carboxylic acids is 2. The van der Waals surface area contributed by atoms with Crippen LogP contribution in [0.5, 0.6) is 0 Å². The average Bonchev–Trinajstić information content (AvgIpc) is 2.87. The molecule has 1 amide bonds. The molecule has 4 rings (SSSR count). The number of likely N-dealkylation sites (tertiary alicyclic amines) is 1. The molecule has 36 heavy (non-hydrogen) atoms. The van der Waals surface area contributed by atoms with E-state index in [1.807, 2.05) is 19.1 Å². The molecule has 0 unspecified atom stereocenters. The second-order valence-corrected chi connectivity index (χ2v) is 8.72. The third kappa shape index (κ3) is 5.12. The van der Waals surface area contributed by atoms with Gasteiger partial charge < -0.3 is 9.64 Å². The van der Waals surface area contributed by atoms with E-state index in [1.54, 1.807) is 19.1 Å². The van der Waals surface area contributed by atoms with E-state index in [0.717, 1.165) is 20.9 Å². The quantitative estimate of drug-likeness (QED) is 0.487. The predicted octanol–water partition coefficient (Wildman–Crippen LogP) is 2.31. The Balaban J connectivity index is 1.80. The summed E-state index contributed by atoms with van der Waals surface area (Å²) in [5.41, 5.74) is -0.853. The third-order valence-electron chi connectivity index (χ3n) is 6.09. The summed E-state index contributed by atoms with van der Waals surface area (Å²) in [5.74, 6) is -2.38. The van der Waals surface area contributed by atoms with Gasteiger partial charge in [-0.25, -0.2) is 9.18 Å². The number of ether oxygens (including phenoxy) is 1. The molecule has 0 spiro atoms. The van der Waals surface area contributed by atoms with Crippen LogP contribution in [0.15, 0.2) is 58.1 Å². The standard InChI is InChI=1S/C26H27FN4O5/c1-3-36-25(34)19-10-7-13-29(16-19)23(32)22-24(33)30(15-18-9-6-8-17(2)14-18)26(35)31(28-22)21-12-5-4-11-20(21)27/h4-6,8-9,11-12,14,19H,3,7,10,13,15-16H2,1-2H3/t19-/m0/s1. The Labute approximate surface area is 206 Å². The summed E-state index contributed by atoms with van der Waals surface area (Å²) in [4.78, 5) is 53.8. The van der Waals surface area contributed by atoms with Gasteiger partial charge in [0.2, 0.25) is 5.69 Å². The number of aryl methyl sites for hydroxylation is 1. The minimum Gasteiger partial charge on any atom is -0.466 e. The summed E-state index contributed by atoms with van der Waals surface area (Å²) in [5, 5.41) is 4.03. The van der Waals surface area contributed by atoms with Crippen LogP contribution in [-0.4, -0.2) is 50.8 Å². The van der Waals surface area contributed by atoms with E-state index in [0.29, 0.717) is 24.9 Å². The van der Waals surface area contributed by atoms with Gasteiger partial charge in [-0.05, 0) is 44.4 Å². The van der Waals surface area contributed by atoms with E-state index >= 15 is 0 Å². The van der Waals surface area contributed by atoms with E-state index in [4.69, 9.17) is 4.74 Å². The number of hydrogen-bond donors (Lipinski definition) is 0. The fourth-order valence-electron chi connectivity index (χ4n) is 4.33. The topological polar surface area (TPSA) is 104 Å². The van der Waals surface area contributed by atoms with Gasteiger partial charge in [0.15, 0.2) is 0 Å². The number of rotatable bonds is 6. The summed E-state index contributed by atoms with van der Waals surface area (Å²) in [6.07, 6.45) is 1.10. The highest BCUT2D eigenvalue weighted by Gasteiger charge is 2.32. The number of carbonyl (C=O) groups is 2. The first-order valence-corrected chi connectivity index (χ1v) is 11.8. The van der Waals surface area contributed by atoms with Crippen LogP contribution < -0.4 is 11.2 Å². The number of nitrogens with zero attached hydrogens (tertiary/aromatic N) is 4. The van der Waals surface area contributed by atoms with Crippen LogP contribution in [-0.2, 0) is 16.1 Å². The van der Waals surface area contributed by atoms with Gasteiger partial charge in [-0.2, -0.15) is 9.78 Å².